The molecule has 4 atom stereocenters. The molecule has 18 heteroatoms. The summed E-state index contributed by atoms with van der Waals surface area (Å²) >= 11 is 0. The average molecular weight is 714 g/mol. The largest absolute Gasteiger partial charge is 0.479 e. The third kappa shape index (κ3) is 9.19. The van der Waals surface area contributed by atoms with Gasteiger partial charge in [0, 0.05) is 13.1 Å². The van der Waals surface area contributed by atoms with Crippen molar-refractivity contribution < 1.29 is 47.8 Å². The van der Waals surface area contributed by atoms with Crippen LogP contribution in [0.15, 0.2) is 67.0 Å². The number of carbonyl (C=O) groups excluding carboxylic acids is 2. The van der Waals surface area contributed by atoms with Crippen LogP contribution in [-0.4, -0.2) is 86.3 Å². The molecule has 17 nitrogen and oxygen atoms in total. The predicted molar refractivity (Wildman–Crippen MR) is 178 cm³/mol. The molecule has 1 aliphatic rings. The van der Waals surface area contributed by atoms with E-state index in [1.165, 1.54) is 24.9 Å². The molecule has 1 saturated heterocycles. The van der Waals surface area contributed by atoms with Gasteiger partial charge in [-0.3, -0.25) is 18.7 Å². The maximum absolute atomic E-state index is 13.9. The number of esters is 2. The first-order valence-corrected chi connectivity index (χ1v) is 17.4. The number of methoxy groups -OCH3 is 1. The van der Waals surface area contributed by atoms with Gasteiger partial charge in [0.15, 0.2) is 17.4 Å². The number of aliphatic hydroxyl groups is 2. The highest BCUT2D eigenvalue weighted by Gasteiger charge is 2.54. The highest BCUT2D eigenvalue weighted by Crippen LogP contribution is 2.43. The molecule has 268 valence electrons. The van der Waals surface area contributed by atoms with E-state index < -0.39 is 50.3 Å². The van der Waals surface area contributed by atoms with Crippen LogP contribution in [0, 0.1) is 0 Å². The van der Waals surface area contributed by atoms with Crippen molar-refractivity contribution in [3.63, 3.8) is 0 Å². The molecule has 1 aliphatic heterocycles. The number of rotatable bonds is 17. The topological polar surface area (TPSA) is 231 Å². The SMILES string of the molecule is COc1nc(N)nc2c1ncn2[C@@H]1O[C@H](COP(=O)(NCCC(=O)OCc2ccccc2)NCCC(=O)OCc2ccccc2)[C@@H](O)[C@@]1(C)O. The number of nitrogens with two attached hydrogens (primary N) is 1. The van der Waals surface area contributed by atoms with E-state index >= 15 is 0 Å². The molecule has 3 heterocycles. The van der Waals surface area contributed by atoms with Crippen molar-refractivity contribution in [2.24, 2.45) is 0 Å². The monoisotopic (exact) mass is 713 g/mol. The second-order valence-electron chi connectivity index (χ2n) is 11.6. The van der Waals surface area contributed by atoms with Gasteiger partial charge in [-0.1, -0.05) is 60.7 Å². The number of anilines is 1. The Hall–Kier alpha value is -4.48. The number of hydrogen-bond donors (Lipinski definition) is 5. The number of aromatic nitrogens is 4. The number of hydrogen-bond acceptors (Lipinski definition) is 14. The number of ether oxygens (including phenoxy) is 4. The minimum atomic E-state index is -4.00. The van der Waals surface area contributed by atoms with Crippen molar-refractivity contribution in [3.8, 4) is 5.88 Å². The van der Waals surface area contributed by atoms with E-state index in [1.54, 1.807) is 0 Å². The maximum atomic E-state index is 13.9. The van der Waals surface area contributed by atoms with E-state index in [1.807, 2.05) is 60.7 Å². The molecule has 0 radical (unpaired) electrons. The summed E-state index contributed by atoms with van der Waals surface area (Å²) in [6.45, 7) is 0.798. The summed E-state index contributed by atoms with van der Waals surface area (Å²) in [6, 6.07) is 18.3. The molecule has 4 aromatic rings. The lowest BCUT2D eigenvalue weighted by atomic mass is 9.96. The molecule has 1 fully saturated rings. The number of aliphatic hydroxyl groups excluding tert-OH is 1. The Morgan fingerprint density at radius 2 is 1.54 bits per heavy atom. The van der Waals surface area contributed by atoms with Crippen LogP contribution in [0.1, 0.15) is 37.1 Å². The van der Waals surface area contributed by atoms with Gasteiger partial charge in [0.2, 0.25) is 11.8 Å². The number of imidazole rings is 1. The van der Waals surface area contributed by atoms with Crippen molar-refractivity contribution in [1.29, 1.82) is 0 Å². The summed E-state index contributed by atoms with van der Waals surface area (Å²) in [6.07, 6.45) is -2.92. The number of nitrogens with zero attached hydrogens (tertiary/aromatic N) is 4. The van der Waals surface area contributed by atoms with Crippen molar-refractivity contribution in [1.82, 2.24) is 29.7 Å². The predicted octanol–water partition coefficient (Wildman–Crippen LogP) is 2.00. The van der Waals surface area contributed by atoms with Gasteiger partial charge in [0.25, 0.3) is 0 Å². The van der Waals surface area contributed by atoms with Gasteiger partial charge in [0.05, 0.1) is 32.9 Å². The van der Waals surface area contributed by atoms with Gasteiger partial charge in [-0.15, -0.1) is 0 Å². The number of benzene rings is 2. The average Bonchev–Trinajstić information content (AvgIpc) is 3.62. The van der Waals surface area contributed by atoms with Crippen molar-refractivity contribution in [2.75, 3.05) is 32.5 Å². The molecular weight excluding hydrogens is 673 g/mol. The van der Waals surface area contributed by atoms with Gasteiger partial charge in [-0.2, -0.15) is 9.97 Å². The van der Waals surface area contributed by atoms with E-state index in [0.717, 1.165) is 11.1 Å². The molecule has 2 aromatic heterocycles. The summed E-state index contributed by atoms with van der Waals surface area (Å²) < 4.78 is 42.9. The van der Waals surface area contributed by atoms with Gasteiger partial charge < -0.3 is 39.4 Å². The molecule has 50 heavy (non-hydrogen) atoms. The second-order valence-corrected chi connectivity index (χ2v) is 13.6. The normalized spacial score (nSPS) is 20.5. The number of carbonyl (C=O) groups is 2. The second kappa shape index (κ2) is 16.5. The minimum absolute atomic E-state index is 0.0762. The summed E-state index contributed by atoms with van der Waals surface area (Å²) in [7, 11) is -2.61. The third-order valence-corrected chi connectivity index (χ3v) is 9.60. The smallest absolute Gasteiger partial charge is 0.340 e. The van der Waals surface area contributed by atoms with Crippen LogP contribution in [0.25, 0.3) is 11.2 Å². The van der Waals surface area contributed by atoms with Gasteiger partial charge in [0.1, 0.15) is 31.0 Å². The zero-order valence-corrected chi connectivity index (χ0v) is 28.4. The number of fused-ring (bicyclic) bond motifs is 1. The Morgan fingerprint density at radius 3 is 2.08 bits per heavy atom. The summed E-state index contributed by atoms with van der Waals surface area (Å²) in [5.41, 5.74) is 5.98. The molecule has 0 amide bonds. The van der Waals surface area contributed by atoms with E-state index in [-0.39, 0.29) is 62.1 Å². The van der Waals surface area contributed by atoms with Gasteiger partial charge in [-0.25, -0.2) is 15.2 Å². The Balaban J connectivity index is 1.22. The minimum Gasteiger partial charge on any atom is -0.479 e. The highest BCUT2D eigenvalue weighted by molar-refractivity contribution is 7.54. The number of nitrogen functional groups attached to an aromatic ring is 1. The Kier molecular flexibility index (Phi) is 12.1. The quantitative estimate of drug-likeness (QED) is 0.0778. The number of nitrogens with one attached hydrogen (secondary N) is 2. The van der Waals surface area contributed by atoms with Crippen LogP contribution >= 0.6 is 7.67 Å². The van der Waals surface area contributed by atoms with E-state index in [4.69, 9.17) is 29.2 Å². The van der Waals surface area contributed by atoms with Crippen LogP contribution in [0.4, 0.5) is 5.95 Å². The molecule has 6 N–H and O–H groups in total. The van der Waals surface area contributed by atoms with Crippen LogP contribution < -0.4 is 20.6 Å². The van der Waals surface area contributed by atoms with Crippen LogP contribution in [0.3, 0.4) is 0 Å². The van der Waals surface area contributed by atoms with Crippen molar-refractivity contribution in [2.45, 2.75) is 57.0 Å². The fourth-order valence-electron chi connectivity index (χ4n) is 5.15. The van der Waals surface area contributed by atoms with E-state index in [9.17, 15) is 24.4 Å². The van der Waals surface area contributed by atoms with Gasteiger partial charge >= 0.3 is 19.6 Å². The molecule has 0 unspecified atom stereocenters. The first-order valence-electron chi connectivity index (χ1n) is 15.7. The zero-order valence-electron chi connectivity index (χ0n) is 27.5. The lowest BCUT2D eigenvalue weighted by Crippen LogP contribution is -2.44. The molecule has 0 saturated carbocycles. The van der Waals surface area contributed by atoms with Crippen LogP contribution in [0.5, 0.6) is 5.88 Å². The summed E-state index contributed by atoms with van der Waals surface area (Å²) in [5.74, 6) is -1.09. The van der Waals surface area contributed by atoms with Crippen LogP contribution in [-0.2, 0) is 46.1 Å². The third-order valence-electron chi connectivity index (χ3n) is 7.81. The Bertz CT molecular complexity index is 1730. The van der Waals surface area contributed by atoms with Crippen molar-refractivity contribution in [3.05, 3.63) is 78.1 Å². The zero-order chi connectivity index (χ0) is 35.7. The molecule has 0 bridgehead atoms. The fraction of sp³-hybridized carbons (Fsp3) is 0.406. The molecule has 0 spiro atoms. The first kappa shape index (κ1) is 36.8. The summed E-state index contributed by atoms with van der Waals surface area (Å²) in [4.78, 5) is 37.2. The molecule has 2 aromatic carbocycles. The van der Waals surface area contributed by atoms with E-state index in [2.05, 4.69) is 25.1 Å². The fourth-order valence-corrected chi connectivity index (χ4v) is 6.62. The highest BCUT2D eigenvalue weighted by atomic mass is 31.2. The molecule has 0 aliphatic carbocycles. The van der Waals surface area contributed by atoms with Crippen LogP contribution in [0.2, 0.25) is 0 Å². The molecular formula is C32H40N7O10P. The van der Waals surface area contributed by atoms with Crippen molar-refractivity contribution >= 4 is 36.7 Å². The molecule has 5 rings (SSSR count). The maximum Gasteiger partial charge on any atom is 0.340 e. The van der Waals surface area contributed by atoms with Gasteiger partial charge in [-0.05, 0) is 18.1 Å². The lowest BCUT2D eigenvalue weighted by molar-refractivity contribution is -0.145. The first-order chi connectivity index (χ1) is 24.0. The Labute approximate surface area is 287 Å². The lowest BCUT2D eigenvalue weighted by Gasteiger charge is -2.27. The summed E-state index contributed by atoms with van der Waals surface area (Å²) in [5, 5.41) is 27.8. The Morgan fingerprint density at radius 1 is 0.980 bits per heavy atom. The van der Waals surface area contributed by atoms with E-state index in [0.29, 0.717) is 0 Å². The standard InChI is InChI=1S/C32H40N7O10P/c1-32(43)27(42)23(49-30(32)39-20-34-26-28(39)37-31(33)38-29(26)45-2)19-48-50(44,35-15-13-24(40)46-17-21-9-5-3-6-10-21)36-16-14-25(41)47-18-22-11-7-4-8-12-22/h3-12,20,23,27,30,42-43H,13-19H2,1-2H3,(H2,33,37,38)(H2,35,36,44)/t23-,27-,30-,32-/m1/s1.